The normalized spacial score (nSPS) is 15.1. The molecule has 0 fully saturated rings. The smallest absolute Gasteiger partial charge is 0.0723 e. The molecular formula is C11H18N2O. The van der Waals surface area contributed by atoms with Gasteiger partial charge >= 0.3 is 0 Å². The first-order chi connectivity index (χ1) is 6.77. The Morgan fingerprint density at radius 3 is 2.79 bits per heavy atom. The molecule has 0 radical (unpaired) electrons. The van der Waals surface area contributed by atoms with Crippen molar-refractivity contribution in [2.75, 3.05) is 7.11 Å². The molecular weight excluding hydrogens is 176 g/mol. The number of hydrogen-bond acceptors (Lipinski definition) is 3. The van der Waals surface area contributed by atoms with Gasteiger partial charge in [-0.3, -0.25) is 4.98 Å². The summed E-state index contributed by atoms with van der Waals surface area (Å²) < 4.78 is 5.28. The first-order valence-corrected chi connectivity index (χ1v) is 4.96. The van der Waals surface area contributed by atoms with Crippen molar-refractivity contribution in [2.24, 2.45) is 5.73 Å². The van der Waals surface area contributed by atoms with Gasteiger partial charge in [-0.2, -0.15) is 0 Å². The van der Waals surface area contributed by atoms with Gasteiger partial charge in [-0.25, -0.2) is 0 Å². The van der Waals surface area contributed by atoms with Crippen LogP contribution in [-0.2, 0) is 11.2 Å². The van der Waals surface area contributed by atoms with E-state index < -0.39 is 0 Å². The second-order valence-corrected chi connectivity index (χ2v) is 3.37. The van der Waals surface area contributed by atoms with Gasteiger partial charge in [0.15, 0.2) is 0 Å². The summed E-state index contributed by atoms with van der Waals surface area (Å²) in [5, 5.41) is 0. The molecule has 3 nitrogen and oxygen atoms in total. The van der Waals surface area contributed by atoms with Gasteiger partial charge < -0.3 is 10.5 Å². The van der Waals surface area contributed by atoms with Crippen LogP contribution in [0.1, 0.15) is 19.0 Å². The Bertz CT molecular complexity index is 247. The average molecular weight is 194 g/mol. The van der Waals surface area contributed by atoms with Crippen molar-refractivity contribution in [1.82, 2.24) is 4.98 Å². The van der Waals surface area contributed by atoms with Crippen molar-refractivity contribution in [2.45, 2.75) is 31.9 Å². The maximum atomic E-state index is 6.01. The van der Waals surface area contributed by atoms with E-state index in [0.717, 1.165) is 18.5 Å². The van der Waals surface area contributed by atoms with Crippen LogP contribution in [0.15, 0.2) is 24.4 Å². The Labute approximate surface area is 85.3 Å². The maximum absolute atomic E-state index is 6.01. The van der Waals surface area contributed by atoms with E-state index >= 15 is 0 Å². The zero-order valence-corrected chi connectivity index (χ0v) is 8.81. The third kappa shape index (κ3) is 3.09. The fraction of sp³-hybridized carbons (Fsp3) is 0.545. The quantitative estimate of drug-likeness (QED) is 0.770. The summed E-state index contributed by atoms with van der Waals surface area (Å²) >= 11 is 0. The van der Waals surface area contributed by atoms with Gasteiger partial charge in [0, 0.05) is 31.5 Å². The molecule has 0 bridgehead atoms. The summed E-state index contributed by atoms with van der Waals surface area (Å²) in [6.45, 7) is 2.08. The molecule has 1 aromatic rings. The van der Waals surface area contributed by atoms with Crippen LogP contribution in [0.25, 0.3) is 0 Å². The third-order valence-electron chi connectivity index (χ3n) is 2.35. The average Bonchev–Trinajstić information content (AvgIpc) is 2.21. The van der Waals surface area contributed by atoms with Gasteiger partial charge in [0.25, 0.3) is 0 Å². The van der Waals surface area contributed by atoms with Crippen LogP contribution in [-0.4, -0.2) is 24.2 Å². The lowest BCUT2D eigenvalue weighted by Crippen LogP contribution is -2.37. The fourth-order valence-electron chi connectivity index (χ4n) is 1.54. The summed E-state index contributed by atoms with van der Waals surface area (Å²) in [5.74, 6) is 0. The van der Waals surface area contributed by atoms with E-state index in [0.29, 0.717) is 0 Å². The monoisotopic (exact) mass is 194 g/mol. The van der Waals surface area contributed by atoms with Crippen LogP contribution in [0.3, 0.4) is 0 Å². The van der Waals surface area contributed by atoms with Crippen LogP contribution in [0.4, 0.5) is 0 Å². The number of nitrogens with zero attached hydrogens (tertiary/aromatic N) is 1. The first-order valence-electron chi connectivity index (χ1n) is 4.96. The van der Waals surface area contributed by atoms with E-state index in [2.05, 4.69) is 11.9 Å². The zero-order chi connectivity index (χ0) is 10.4. The molecule has 0 spiro atoms. The highest BCUT2D eigenvalue weighted by molar-refractivity contribution is 5.05. The minimum atomic E-state index is 0.0277. The molecule has 0 saturated heterocycles. The van der Waals surface area contributed by atoms with Gasteiger partial charge in [0.1, 0.15) is 0 Å². The number of methoxy groups -OCH3 is 1. The molecule has 1 aromatic heterocycles. The topological polar surface area (TPSA) is 48.1 Å². The third-order valence-corrected chi connectivity index (χ3v) is 2.35. The van der Waals surface area contributed by atoms with E-state index in [4.69, 9.17) is 10.5 Å². The Morgan fingerprint density at radius 2 is 2.29 bits per heavy atom. The van der Waals surface area contributed by atoms with Crippen molar-refractivity contribution in [3.8, 4) is 0 Å². The molecule has 0 aliphatic heterocycles. The molecule has 2 N–H and O–H groups in total. The van der Waals surface area contributed by atoms with Gasteiger partial charge in [0.2, 0.25) is 0 Å². The van der Waals surface area contributed by atoms with Crippen LogP contribution >= 0.6 is 0 Å². The largest absolute Gasteiger partial charge is 0.380 e. The summed E-state index contributed by atoms with van der Waals surface area (Å²) in [4.78, 5) is 4.23. The van der Waals surface area contributed by atoms with Gasteiger partial charge in [-0.15, -0.1) is 0 Å². The summed E-state index contributed by atoms with van der Waals surface area (Å²) in [7, 11) is 1.70. The molecule has 0 amide bonds. The van der Waals surface area contributed by atoms with Crippen LogP contribution in [0.5, 0.6) is 0 Å². The Kier molecular flexibility index (Phi) is 4.56. The van der Waals surface area contributed by atoms with Gasteiger partial charge in [-0.1, -0.05) is 13.0 Å². The Morgan fingerprint density at radius 1 is 1.50 bits per heavy atom. The van der Waals surface area contributed by atoms with E-state index in [9.17, 15) is 0 Å². The van der Waals surface area contributed by atoms with Crippen LogP contribution < -0.4 is 5.73 Å². The van der Waals surface area contributed by atoms with Crippen molar-refractivity contribution in [1.29, 1.82) is 0 Å². The molecule has 2 unspecified atom stereocenters. The molecule has 0 aromatic carbocycles. The van der Waals surface area contributed by atoms with Crippen molar-refractivity contribution >= 4 is 0 Å². The molecule has 2 atom stereocenters. The first kappa shape index (κ1) is 11.1. The molecule has 1 heterocycles. The lowest BCUT2D eigenvalue weighted by molar-refractivity contribution is 0.0770. The molecule has 0 aliphatic carbocycles. The number of ether oxygens (including phenoxy) is 1. The predicted molar refractivity (Wildman–Crippen MR) is 57.0 cm³/mol. The van der Waals surface area contributed by atoms with Crippen molar-refractivity contribution in [3.63, 3.8) is 0 Å². The van der Waals surface area contributed by atoms with Crippen LogP contribution in [0.2, 0.25) is 0 Å². The van der Waals surface area contributed by atoms with E-state index in [-0.39, 0.29) is 12.1 Å². The fourth-order valence-corrected chi connectivity index (χ4v) is 1.54. The van der Waals surface area contributed by atoms with Gasteiger partial charge in [0.05, 0.1) is 6.10 Å². The number of hydrogen-bond donors (Lipinski definition) is 1. The summed E-state index contributed by atoms with van der Waals surface area (Å²) in [6, 6.07) is 5.90. The van der Waals surface area contributed by atoms with Crippen LogP contribution in [0, 0.1) is 0 Å². The van der Waals surface area contributed by atoms with E-state index in [1.165, 1.54) is 0 Å². The second kappa shape index (κ2) is 5.73. The lowest BCUT2D eigenvalue weighted by atomic mass is 10.0. The summed E-state index contributed by atoms with van der Waals surface area (Å²) in [5.41, 5.74) is 7.03. The highest BCUT2D eigenvalue weighted by Crippen LogP contribution is 2.06. The molecule has 78 valence electrons. The predicted octanol–water partition coefficient (Wildman–Crippen LogP) is 1.38. The summed E-state index contributed by atoms with van der Waals surface area (Å²) in [6.07, 6.45) is 3.62. The Balaban J connectivity index is 2.52. The lowest BCUT2D eigenvalue weighted by Gasteiger charge is -2.20. The van der Waals surface area contributed by atoms with E-state index in [1.54, 1.807) is 13.3 Å². The molecule has 0 aliphatic rings. The minimum absolute atomic E-state index is 0.0277. The minimum Gasteiger partial charge on any atom is -0.380 e. The SMILES string of the molecule is CCC(OC)C(N)Cc1ccccn1. The molecule has 1 rings (SSSR count). The molecule has 3 heteroatoms. The molecule has 14 heavy (non-hydrogen) atoms. The number of rotatable bonds is 5. The number of nitrogens with two attached hydrogens (primary N) is 1. The van der Waals surface area contributed by atoms with Gasteiger partial charge in [-0.05, 0) is 18.6 Å². The van der Waals surface area contributed by atoms with Crippen molar-refractivity contribution < 1.29 is 4.74 Å². The zero-order valence-electron chi connectivity index (χ0n) is 8.81. The number of pyridine rings is 1. The second-order valence-electron chi connectivity index (χ2n) is 3.37. The highest BCUT2D eigenvalue weighted by atomic mass is 16.5. The molecule has 0 saturated carbocycles. The number of aromatic nitrogens is 1. The Hall–Kier alpha value is -0.930. The highest BCUT2D eigenvalue weighted by Gasteiger charge is 2.15. The standard InChI is InChI=1S/C11H18N2O/c1-3-11(14-2)10(12)8-9-6-4-5-7-13-9/h4-7,10-11H,3,8,12H2,1-2H3. The van der Waals surface area contributed by atoms with Crippen molar-refractivity contribution in [3.05, 3.63) is 30.1 Å². The maximum Gasteiger partial charge on any atom is 0.0723 e. The van der Waals surface area contributed by atoms with E-state index in [1.807, 2.05) is 18.2 Å².